The molecule has 4 rings (SSSR count). The molecule has 0 N–H and O–H groups in total. The Morgan fingerprint density at radius 3 is 2.74 bits per heavy atom. The van der Waals surface area contributed by atoms with E-state index in [1.54, 1.807) is 22.3 Å². The normalized spacial score (nSPS) is 28.8. The van der Waals surface area contributed by atoms with Gasteiger partial charge in [0.15, 0.2) is 0 Å². The van der Waals surface area contributed by atoms with Crippen molar-refractivity contribution in [3.63, 3.8) is 0 Å². The summed E-state index contributed by atoms with van der Waals surface area (Å²) in [7, 11) is 2.24. The summed E-state index contributed by atoms with van der Waals surface area (Å²) in [5, 5.41) is 0. The van der Waals surface area contributed by atoms with Crippen LogP contribution in [0.1, 0.15) is 30.9 Å². The Morgan fingerprint density at radius 1 is 1.13 bits per heavy atom. The van der Waals surface area contributed by atoms with Crippen LogP contribution in [0.2, 0.25) is 0 Å². The molecule has 0 aromatic heterocycles. The fraction of sp³-hybridized carbons (Fsp3) is 0.600. The third-order valence-corrected chi connectivity index (χ3v) is 7.48. The Bertz CT molecular complexity index is 616. The maximum atomic E-state index is 2.67. The van der Waals surface area contributed by atoms with E-state index in [9.17, 15) is 0 Å². The van der Waals surface area contributed by atoms with Crippen LogP contribution in [0.15, 0.2) is 29.8 Å². The first-order valence-corrected chi connectivity index (χ1v) is 10.00. The van der Waals surface area contributed by atoms with Crippen LogP contribution in [-0.2, 0) is 6.42 Å². The highest BCUT2D eigenvalue weighted by Crippen LogP contribution is 2.51. The number of fused-ring (bicyclic) bond motifs is 2. The molecule has 0 radical (unpaired) electrons. The quantitative estimate of drug-likeness (QED) is 0.838. The molecule has 2 aliphatic heterocycles. The Hall–Kier alpha value is -0.770. The van der Waals surface area contributed by atoms with Crippen molar-refractivity contribution < 1.29 is 0 Å². The van der Waals surface area contributed by atoms with E-state index in [0.717, 1.165) is 0 Å². The summed E-state index contributed by atoms with van der Waals surface area (Å²) in [4.78, 5) is 5.12. The lowest BCUT2D eigenvalue weighted by molar-refractivity contribution is 0.151. The Labute approximate surface area is 144 Å². The number of thioether (sulfide) groups is 1. The number of piperazine rings is 1. The summed E-state index contributed by atoms with van der Waals surface area (Å²) in [5.74, 6) is 1.28. The number of hydrogen-bond acceptors (Lipinski definition) is 3. The minimum absolute atomic E-state index is 0.343. The highest BCUT2D eigenvalue weighted by Gasteiger charge is 2.38. The monoisotopic (exact) mass is 328 g/mol. The molecule has 1 atom stereocenters. The second-order valence-corrected chi connectivity index (χ2v) is 9.11. The predicted molar refractivity (Wildman–Crippen MR) is 101 cm³/mol. The first-order valence-electron chi connectivity index (χ1n) is 9.01. The summed E-state index contributed by atoms with van der Waals surface area (Å²) in [6.07, 6.45) is 3.76. The molecule has 0 saturated carbocycles. The van der Waals surface area contributed by atoms with E-state index in [4.69, 9.17) is 0 Å². The second-order valence-electron chi connectivity index (χ2n) is 7.52. The van der Waals surface area contributed by atoms with Gasteiger partial charge in [-0.15, -0.1) is 0 Å². The summed E-state index contributed by atoms with van der Waals surface area (Å²) >= 11 is 2.21. The van der Waals surface area contributed by atoms with Gasteiger partial charge >= 0.3 is 0 Å². The van der Waals surface area contributed by atoms with Crippen molar-refractivity contribution in [2.75, 3.05) is 45.5 Å². The second kappa shape index (κ2) is 6.27. The zero-order valence-corrected chi connectivity index (χ0v) is 15.3. The number of allylic oxidation sites excluding steroid dienone is 1. The lowest BCUT2D eigenvalue weighted by atomic mass is 9.90. The van der Waals surface area contributed by atoms with Gasteiger partial charge in [-0.05, 0) is 67.8 Å². The van der Waals surface area contributed by atoms with Gasteiger partial charge in [-0.3, -0.25) is 0 Å². The molecule has 0 amide bonds. The average Bonchev–Trinajstić information content (AvgIpc) is 2.95. The Kier molecular flexibility index (Phi) is 4.29. The van der Waals surface area contributed by atoms with Gasteiger partial charge in [0.2, 0.25) is 0 Å². The molecular weight excluding hydrogens is 300 g/mol. The lowest BCUT2D eigenvalue weighted by Crippen LogP contribution is -2.46. The standard InChI is InChI=1S/C20H28N2S/c1-20(8-9-22-12-10-21(2)11-13-22)19-15-16-5-3-4-6-17(16)18(19)7-14-23-20/h3-6H,7-15H2,1-2H3. The van der Waals surface area contributed by atoms with E-state index in [-0.39, 0.29) is 0 Å². The highest BCUT2D eigenvalue weighted by molar-refractivity contribution is 8.00. The van der Waals surface area contributed by atoms with Crippen LogP contribution in [0.3, 0.4) is 0 Å². The smallest absolute Gasteiger partial charge is 0.0361 e. The van der Waals surface area contributed by atoms with Crippen molar-refractivity contribution in [2.24, 2.45) is 0 Å². The minimum Gasteiger partial charge on any atom is -0.304 e. The summed E-state index contributed by atoms with van der Waals surface area (Å²) in [5.41, 5.74) is 6.53. The molecule has 1 aromatic rings. The van der Waals surface area contributed by atoms with Crippen molar-refractivity contribution in [3.8, 4) is 0 Å². The van der Waals surface area contributed by atoms with Gasteiger partial charge in [0.25, 0.3) is 0 Å². The minimum atomic E-state index is 0.343. The fourth-order valence-electron chi connectivity index (χ4n) is 4.35. The van der Waals surface area contributed by atoms with Crippen LogP contribution in [0.4, 0.5) is 0 Å². The molecule has 2 nitrogen and oxygen atoms in total. The van der Waals surface area contributed by atoms with Crippen LogP contribution in [0.25, 0.3) is 5.57 Å². The third-order valence-electron chi connectivity index (χ3n) is 5.99. The number of likely N-dealkylation sites (N-methyl/N-ethyl adjacent to an activating group) is 1. The van der Waals surface area contributed by atoms with E-state index in [1.165, 1.54) is 57.7 Å². The molecule has 1 unspecified atom stereocenters. The zero-order chi connectivity index (χ0) is 15.9. The van der Waals surface area contributed by atoms with E-state index >= 15 is 0 Å². The number of benzene rings is 1. The molecule has 3 heteroatoms. The lowest BCUT2D eigenvalue weighted by Gasteiger charge is -2.39. The first kappa shape index (κ1) is 15.7. The molecule has 23 heavy (non-hydrogen) atoms. The van der Waals surface area contributed by atoms with Crippen LogP contribution in [0, 0.1) is 0 Å². The van der Waals surface area contributed by atoms with Gasteiger partial charge in [-0.1, -0.05) is 24.3 Å². The summed E-state index contributed by atoms with van der Waals surface area (Å²) in [6, 6.07) is 9.08. The van der Waals surface area contributed by atoms with Crippen molar-refractivity contribution in [1.29, 1.82) is 0 Å². The molecule has 3 aliphatic rings. The van der Waals surface area contributed by atoms with Crippen LogP contribution in [0.5, 0.6) is 0 Å². The first-order chi connectivity index (χ1) is 11.2. The van der Waals surface area contributed by atoms with E-state index in [1.807, 2.05) is 0 Å². The van der Waals surface area contributed by atoms with Gasteiger partial charge in [0.05, 0.1) is 0 Å². The van der Waals surface area contributed by atoms with Crippen molar-refractivity contribution >= 4 is 17.3 Å². The molecule has 1 aromatic carbocycles. The molecule has 1 fully saturated rings. The molecule has 0 spiro atoms. The average molecular weight is 329 g/mol. The van der Waals surface area contributed by atoms with E-state index in [0.29, 0.717) is 4.75 Å². The predicted octanol–water partition coefficient (Wildman–Crippen LogP) is 3.53. The molecule has 2 heterocycles. The summed E-state index contributed by atoms with van der Waals surface area (Å²) < 4.78 is 0.343. The highest BCUT2D eigenvalue weighted by atomic mass is 32.2. The van der Waals surface area contributed by atoms with Gasteiger partial charge in [0, 0.05) is 30.9 Å². The Morgan fingerprint density at radius 2 is 1.91 bits per heavy atom. The zero-order valence-electron chi connectivity index (χ0n) is 14.5. The third kappa shape index (κ3) is 2.99. The van der Waals surface area contributed by atoms with Gasteiger partial charge in [0.1, 0.15) is 0 Å². The van der Waals surface area contributed by atoms with Crippen LogP contribution >= 0.6 is 11.8 Å². The topological polar surface area (TPSA) is 6.48 Å². The molecular formula is C20H28N2S. The maximum absolute atomic E-state index is 2.67. The van der Waals surface area contributed by atoms with Crippen molar-refractivity contribution in [3.05, 3.63) is 41.0 Å². The van der Waals surface area contributed by atoms with Gasteiger partial charge < -0.3 is 9.80 Å². The molecule has 124 valence electrons. The van der Waals surface area contributed by atoms with Gasteiger partial charge in [-0.25, -0.2) is 0 Å². The summed E-state index contributed by atoms with van der Waals surface area (Å²) in [6.45, 7) is 8.69. The molecule has 1 aliphatic carbocycles. The van der Waals surface area contributed by atoms with E-state index in [2.05, 4.69) is 59.8 Å². The van der Waals surface area contributed by atoms with Crippen molar-refractivity contribution in [1.82, 2.24) is 9.80 Å². The van der Waals surface area contributed by atoms with E-state index < -0.39 is 0 Å². The number of hydrogen-bond donors (Lipinski definition) is 0. The maximum Gasteiger partial charge on any atom is 0.0361 e. The molecule has 0 bridgehead atoms. The number of rotatable bonds is 3. The van der Waals surface area contributed by atoms with Crippen molar-refractivity contribution in [2.45, 2.75) is 30.9 Å². The SMILES string of the molecule is CN1CCN(CCC2(C)SCCC3=C2Cc2ccccc23)CC1. The number of nitrogens with zero attached hydrogens (tertiary/aromatic N) is 2. The van der Waals surface area contributed by atoms with Gasteiger partial charge in [-0.2, -0.15) is 11.8 Å². The largest absolute Gasteiger partial charge is 0.304 e. The molecule has 1 saturated heterocycles. The van der Waals surface area contributed by atoms with Crippen LogP contribution < -0.4 is 0 Å². The fourth-order valence-corrected chi connectivity index (χ4v) is 5.71. The Balaban J connectivity index is 1.49. The van der Waals surface area contributed by atoms with Crippen LogP contribution in [-0.4, -0.2) is 60.1 Å².